The van der Waals surface area contributed by atoms with Crippen molar-refractivity contribution in [1.29, 1.82) is 0 Å². The summed E-state index contributed by atoms with van der Waals surface area (Å²) in [5, 5.41) is 5.70. The average Bonchev–Trinajstić information content (AvgIpc) is 2.51. The molecule has 22 heavy (non-hydrogen) atoms. The number of carbonyl (C=O) groups is 2. The minimum Gasteiger partial charge on any atom is -0.352 e. The maximum atomic E-state index is 12.1. The molecule has 0 aliphatic heterocycles. The van der Waals surface area contributed by atoms with Crippen molar-refractivity contribution in [3.8, 4) is 0 Å². The minimum atomic E-state index is -0.492. The molecule has 1 aliphatic carbocycles. The molecule has 1 aromatic carbocycles. The van der Waals surface area contributed by atoms with Gasteiger partial charge in [-0.05, 0) is 43.2 Å². The molecule has 0 heterocycles. The van der Waals surface area contributed by atoms with Crippen molar-refractivity contribution in [1.82, 2.24) is 10.6 Å². The van der Waals surface area contributed by atoms with Crippen LogP contribution in [0.1, 0.15) is 55.7 Å². The van der Waals surface area contributed by atoms with Gasteiger partial charge in [-0.25, -0.2) is 4.79 Å². The highest BCUT2D eigenvalue weighted by Crippen LogP contribution is 2.29. The lowest BCUT2D eigenvalue weighted by Crippen LogP contribution is -2.31. The number of urea groups is 1. The van der Waals surface area contributed by atoms with Gasteiger partial charge < -0.3 is 16.4 Å². The fourth-order valence-electron chi connectivity index (χ4n) is 2.97. The van der Waals surface area contributed by atoms with E-state index >= 15 is 0 Å². The molecule has 120 valence electrons. The lowest BCUT2D eigenvalue weighted by molar-refractivity contribution is -0.122. The molecule has 0 saturated carbocycles. The molecule has 1 atom stereocenters. The maximum absolute atomic E-state index is 12.1. The second-order valence-corrected chi connectivity index (χ2v) is 5.81. The lowest BCUT2D eigenvalue weighted by atomic mass is 9.87. The first-order chi connectivity index (χ1) is 10.7. The van der Waals surface area contributed by atoms with E-state index in [1.807, 2.05) is 6.07 Å². The summed E-state index contributed by atoms with van der Waals surface area (Å²) in [7, 11) is 0. The molecule has 0 saturated heterocycles. The predicted octanol–water partition coefficient (Wildman–Crippen LogP) is 2.41. The number of primary amides is 1. The first-order valence-corrected chi connectivity index (χ1v) is 8.07. The zero-order chi connectivity index (χ0) is 15.8. The molecule has 0 bridgehead atoms. The van der Waals surface area contributed by atoms with Gasteiger partial charge in [0, 0.05) is 13.0 Å². The van der Waals surface area contributed by atoms with Crippen LogP contribution in [0.2, 0.25) is 0 Å². The van der Waals surface area contributed by atoms with E-state index in [0.717, 1.165) is 38.5 Å². The van der Waals surface area contributed by atoms with Gasteiger partial charge in [-0.15, -0.1) is 0 Å². The van der Waals surface area contributed by atoms with Gasteiger partial charge in [0.05, 0.1) is 6.04 Å². The molecule has 0 radical (unpaired) electrons. The van der Waals surface area contributed by atoms with Crippen molar-refractivity contribution < 1.29 is 9.59 Å². The Labute approximate surface area is 131 Å². The topological polar surface area (TPSA) is 84.2 Å². The number of rotatable bonds is 7. The van der Waals surface area contributed by atoms with Crippen LogP contribution < -0.4 is 16.4 Å². The second kappa shape index (κ2) is 8.41. The molecule has 5 heteroatoms. The average molecular weight is 303 g/mol. The largest absolute Gasteiger partial charge is 0.352 e. The number of hydrogen-bond donors (Lipinski definition) is 3. The van der Waals surface area contributed by atoms with E-state index in [2.05, 4.69) is 28.8 Å². The minimum absolute atomic E-state index is 0.115. The predicted molar refractivity (Wildman–Crippen MR) is 86.3 cm³/mol. The van der Waals surface area contributed by atoms with Crippen molar-refractivity contribution >= 4 is 11.9 Å². The number of fused-ring (bicyclic) bond motifs is 1. The Morgan fingerprint density at radius 2 is 2.00 bits per heavy atom. The number of benzene rings is 1. The molecule has 0 aromatic heterocycles. The number of unbranched alkanes of at least 4 members (excludes halogenated alkanes) is 2. The van der Waals surface area contributed by atoms with Gasteiger partial charge in [-0.1, -0.05) is 30.7 Å². The number of nitrogens with two attached hydrogens (primary N) is 1. The van der Waals surface area contributed by atoms with Gasteiger partial charge in [0.1, 0.15) is 0 Å². The van der Waals surface area contributed by atoms with Crippen LogP contribution in [-0.4, -0.2) is 18.5 Å². The Balaban J connectivity index is 1.69. The number of aryl methyl sites for hydroxylation is 1. The summed E-state index contributed by atoms with van der Waals surface area (Å²) in [4.78, 5) is 22.6. The van der Waals surface area contributed by atoms with Crippen LogP contribution in [0.25, 0.3) is 0 Å². The number of carbonyl (C=O) groups excluding carboxylic acids is 2. The summed E-state index contributed by atoms with van der Waals surface area (Å²) in [6, 6.07) is 8.04. The normalized spacial score (nSPS) is 16.6. The van der Waals surface area contributed by atoms with Gasteiger partial charge in [0.2, 0.25) is 5.91 Å². The van der Waals surface area contributed by atoms with E-state index in [4.69, 9.17) is 5.73 Å². The zero-order valence-corrected chi connectivity index (χ0v) is 12.9. The molecular formula is C17H25N3O2. The molecule has 1 aliphatic rings. The van der Waals surface area contributed by atoms with E-state index in [9.17, 15) is 9.59 Å². The number of nitrogens with one attached hydrogen (secondary N) is 2. The molecular weight excluding hydrogens is 278 g/mol. The first kappa shape index (κ1) is 16.3. The Morgan fingerprint density at radius 3 is 2.82 bits per heavy atom. The van der Waals surface area contributed by atoms with Gasteiger partial charge in [-0.2, -0.15) is 0 Å². The highest BCUT2D eigenvalue weighted by atomic mass is 16.2. The van der Waals surface area contributed by atoms with Crippen molar-refractivity contribution in [2.75, 3.05) is 6.54 Å². The standard InChI is InChI=1S/C17H25N3O2/c18-17(22)19-12-5-1-2-11-16(21)20-15-10-6-8-13-7-3-4-9-14(13)15/h3-4,7,9,15H,1-2,5-6,8,10-12H2,(H,20,21)(H3,18,19,22)/t15-/m1/s1. The SMILES string of the molecule is NC(=O)NCCCCCC(=O)N[C@@H]1CCCc2ccccc21. The van der Waals surface area contributed by atoms with Gasteiger partial charge in [0.25, 0.3) is 0 Å². The second-order valence-electron chi connectivity index (χ2n) is 5.81. The maximum Gasteiger partial charge on any atom is 0.312 e. The van der Waals surface area contributed by atoms with Crippen LogP contribution in [0.5, 0.6) is 0 Å². The van der Waals surface area contributed by atoms with E-state index in [1.54, 1.807) is 0 Å². The van der Waals surface area contributed by atoms with Crippen molar-refractivity contribution in [2.24, 2.45) is 5.73 Å². The van der Waals surface area contributed by atoms with E-state index < -0.39 is 6.03 Å². The summed E-state index contributed by atoms with van der Waals surface area (Å²) in [5.74, 6) is 0.115. The third kappa shape index (κ3) is 5.06. The van der Waals surface area contributed by atoms with E-state index in [0.29, 0.717) is 13.0 Å². The first-order valence-electron chi connectivity index (χ1n) is 8.07. The Bertz CT molecular complexity index is 516. The Morgan fingerprint density at radius 1 is 1.18 bits per heavy atom. The van der Waals surface area contributed by atoms with Crippen molar-refractivity contribution in [3.05, 3.63) is 35.4 Å². The third-order valence-corrected chi connectivity index (χ3v) is 4.08. The summed E-state index contributed by atoms with van der Waals surface area (Å²) in [6.07, 6.45) is 6.38. The Hall–Kier alpha value is -2.04. The molecule has 5 nitrogen and oxygen atoms in total. The fraction of sp³-hybridized carbons (Fsp3) is 0.529. The third-order valence-electron chi connectivity index (χ3n) is 4.08. The van der Waals surface area contributed by atoms with Crippen LogP contribution in [0.3, 0.4) is 0 Å². The van der Waals surface area contributed by atoms with Crippen LogP contribution >= 0.6 is 0 Å². The van der Waals surface area contributed by atoms with Crippen LogP contribution in [0, 0.1) is 0 Å². The van der Waals surface area contributed by atoms with Crippen LogP contribution in [0.15, 0.2) is 24.3 Å². The number of amides is 3. The Kier molecular flexibility index (Phi) is 6.25. The highest BCUT2D eigenvalue weighted by Gasteiger charge is 2.20. The van der Waals surface area contributed by atoms with Gasteiger partial charge in [-0.3, -0.25) is 4.79 Å². The van der Waals surface area contributed by atoms with Crippen molar-refractivity contribution in [2.45, 2.75) is 51.0 Å². The van der Waals surface area contributed by atoms with Crippen molar-refractivity contribution in [3.63, 3.8) is 0 Å². The number of hydrogen-bond acceptors (Lipinski definition) is 2. The van der Waals surface area contributed by atoms with Crippen LogP contribution in [-0.2, 0) is 11.2 Å². The van der Waals surface area contributed by atoms with E-state index in [1.165, 1.54) is 11.1 Å². The van der Waals surface area contributed by atoms with Crippen LogP contribution in [0.4, 0.5) is 4.79 Å². The smallest absolute Gasteiger partial charge is 0.312 e. The summed E-state index contributed by atoms with van der Waals surface area (Å²) < 4.78 is 0. The quantitative estimate of drug-likeness (QED) is 0.676. The molecule has 3 amide bonds. The molecule has 1 aromatic rings. The molecule has 4 N–H and O–H groups in total. The molecule has 2 rings (SSSR count). The fourth-order valence-corrected chi connectivity index (χ4v) is 2.97. The molecule has 0 spiro atoms. The monoisotopic (exact) mass is 303 g/mol. The summed E-state index contributed by atoms with van der Waals surface area (Å²) >= 11 is 0. The summed E-state index contributed by atoms with van der Waals surface area (Å²) in [5.41, 5.74) is 7.61. The van der Waals surface area contributed by atoms with Gasteiger partial charge >= 0.3 is 6.03 Å². The summed E-state index contributed by atoms with van der Waals surface area (Å²) in [6.45, 7) is 0.576. The van der Waals surface area contributed by atoms with Gasteiger partial charge in [0.15, 0.2) is 0 Å². The zero-order valence-electron chi connectivity index (χ0n) is 12.9. The lowest BCUT2D eigenvalue weighted by Gasteiger charge is -2.26. The molecule has 0 fully saturated rings. The van der Waals surface area contributed by atoms with E-state index in [-0.39, 0.29) is 11.9 Å². The highest BCUT2D eigenvalue weighted by molar-refractivity contribution is 5.76. The molecule has 0 unspecified atom stereocenters.